The Balaban J connectivity index is 1.23. The molecule has 0 aliphatic rings. The van der Waals surface area contributed by atoms with Crippen LogP contribution in [-0.4, -0.2) is 9.13 Å². The predicted molar refractivity (Wildman–Crippen MR) is 228 cm³/mol. The number of aromatic nitrogens is 2. The number of thiophene rings is 1. The van der Waals surface area contributed by atoms with Crippen LogP contribution >= 0.6 is 11.3 Å². The van der Waals surface area contributed by atoms with Gasteiger partial charge in [0.15, 0.2) is 0 Å². The summed E-state index contributed by atoms with van der Waals surface area (Å²) in [6.45, 7) is 0. The average molecular weight is 691 g/mol. The van der Waals surface area contributed by atoms with Crippen LogP contribution in [0.5, 0.6) is 0 Å². The van der Waals surface area contributed by atoms with Gasteiger partial charge in [0.2, 0.25) is 0 Å². The molecule has 0 saturated heterocycles. The molecule has 2 nitrogen and oxygen atoms in total. The van der Waals surface area contributed by atoms with E-state index in [-0.39, 0.29) is 0 Å². The first kappa shape index (κ1) is 29.0. The number of rotatable bonds is 3. The van der Waals surface area contributed by atoms with Crippen LogP contribution in [0.25, 0.3) is 108 Å². The molecule has 3 heterocycles. The van der Waals surface area contributed by atoms with Crippen molar-refractivity contribution in [2.45, 2.75) is 0 Å². The van der Waals surface area contributed by atoms with E-state index in [2.05, 4.69) is 191 Å². The predicted octanol–water partition coefficient (Wildman–Crippen LogP) is 14.2. The lowest BCUT2D eigenvalue weighted by Gasteiger charge is -2.13. The van der Waals surface area contributed by atoms with E-state index in [1.54, 1.807) is 0 Å². The molecule has 0 atom stereocenters. The summed E-state index contributed by atoms with van der Waals surface area (Å²) < 4.78 is 7.63. The second kappa shape index (κ2) is 10.9. The van der Waals surface area contributed by atoms with Crippen molar-refractivity contribution in [2.75, 3.05) is 0 Å². The summed E-state index contributed by atoms with van der Waals surface area (Å²) in [7, 11) is 0. The molecule has 12 aromatic rings. The summed E-state index contributed by atoms with van der Waals surface area (Å²) in [5, 5.41) is 12.7. The standard InChI is InChI=1S/C50H30N2S/c1-3-17-34-31(13-1)15-11-24-42(34)51-44-22-8-5-19-36(44)40-29-33(27-28-46(40)51)39-30-41-37-20-7-10-26-47(37)53-50(41)49-48(39)38-21-6-9-23-45(38)52(49)43-25-12-16-32-14-2-4-18-35(32)43/h1-30H. The zero-order chi connectivity index (χ0) is 34.6. The molecule has 53 heavy (non-hydrogen) atoms. The third-order valence-corrected chi connectivity index (χ3v) is 12.5. The molecule has 12 rings (SSSR count). The minimum atomic E-state index is 1.20. The van der Waals surface area contributed by atoms with Gasteiger partial charge in [0.1, 0.15) is 0 Å². The highest BCUT2D eigenvalue weighted by molar-refractivity contribution is 7.26. The van der Waals surface area contributed by atoms with E-state index in [0.29, 0.717) is 0 Å². The first-order valence-corrected chi connectivity index (χ1v) is 19.0. The quantitative estimate of drug-likeness (QED) is 0.175. The largest absolute Gasteiger partial charge is 0.309 e. The van der Waals surface area contributed by atoms with Crippen molar-refractivity contribution >= 4 is 96.7 Å². The van der Waals surface area contributed by atoms with E-state index < -0.39 is 0 Å². The average Bonchev–Trinajstić information content (AvgIpc) is 3.88. The van der Waals surface area contributed by atoms with E-state index in [1.165, 1.54) is 108 Å². The SMILES string of the molecule is c1ccc2c(-n3c4ccccc4c4cc(-c5cc6c7ccccc7sc6c6c5c5ccccc5n6-c5cccc6ccccc56)ccc43)cccc2c1. The van der Waals surface area contributed by atoms with E-state index in [1.807, 2.05) is 11.3 Å². The molecule has 0 spiro atoms. The smallest absolute Gasteiger partial charge is 0.0726 e. The van der Waals surface area contributed by atoms with Crippen molar-refractivity contribution in [1.82, 2.24) is 9.13 Å². The Kier molecular flexibility index (Phi) is 5.96. The van der Waals surface area contributed by atoms with Gasteiger partial charge in [-0.3, -0.25) is 0 Å². The van der Waals surface area contributed by atoms with Crippen molar-refractivity contribution in [3.05, 3.63) is 182 Å². The van der Waals surface area contributed by atoms with Gasteiger partial charge in [0.05, 0.1) is 38.1 Å². The number of fused-ring (bicyclic) bond motifs is 12. The van der Waals surface area contributed by atoms with Crippen molar-refractivity contribution in [3.8, 4) is 22.5 Å². The number of hydrogen-bond donors (Lipinski definition) is 0. The zero-order valence-corrected chi connectivity index (χ0v) is 29.4. The Morgan fingerprint density at radius 3 is 1.64 bits per heavy atom. The zero-order valence-electron chi connectivity index (χ0n) is 28.6. The van der Waals surface area contributed by atoms with E-state index >= 15 is 0 Å². The van der Waals surface area contributed by atoms with Crippen LogP contribution in [0.2, 0.25) is 0 Å². The Hall–Kier alpha value is -6.68. The van der Waals surface area contributed by atoms with Gasteiger partial charge in [-0.15, -0.1) is 11.3 Å². The van der Waals surface area contributed by atoms with Gasteiger partial charge >= 0.3 is 0 Å². The molecule has 0 fully saturated rings. The molecule has 3 heteroatoms. The lowest BCUT2D eigenvalue weighted by atomic mass is 9.95. The molecule has 0 aliphatic heterocycles. The summed E-state index contributed by atoms with van der Waals surface area (Å²) in [6, 6.07) is 67.2. The van der Waals surface area contributed by atoms with Crippen LogP contribution in [0.15, 0.2) is 182 Å². The lowest BCUT2D eigenvalue weighted by Crippen LogP contribution is -1.96. The molecule has 246 valence electrons. The van der Waals surface area contributed by atoms with Crippen molar-refractivity contribution < 1.29 is 0 Å². The minimum absolute atomic E-state index is 1.20. The van der Waals surface area contributed by atoms with Crippen LogP contribution in [0.3, 0.4) is 0 Å². The fraction of sp³-hybridized carbons (Fsp3) is 0. The second-order valence-electron chi connectivity index (χ2n) is 14.1. The number of hydrogen-bond acceptors (Lipinski definition) is 1. The normalized spacial score (nSPS) is 12.2. The summed E-state index contributed by atoms with van der Waals surface area (Å²) in [5.74, 6) is 0. The molecule has 9 aromatic carbocycles. The topological polar surface area (TPSA) is 9.86 Å². The highest BCUT2D eigenvalue weighted by Gasteiger charge is 2.23. The molecule has 0 bridgehead atoms. The van der Waals surface area contributed by atoms with Gasteiger partial charge in [0.25, 0.3) is 0 Å². The first-order chi connectivity index (χ1) is 26.3. The number of nitrogens with zero attached hydrogens (tertiary/aromatic N) is 2. The maximum atomic E-state index is 2.54. The molecule has 0 radical (unpaired) electrons. The van der Waals surface area contributed by atoms with Crippen LogP contribution in [0.4, 0.5) is 0 Å². The van der Waals surface area contributed by atoms with Crippen LogP contribution in [0.1, 0.15) is 0 Å². The van der Waals surface area contributed by atoms with Gasteiger partial charge in [0, 0.05) is 47.8 Å². The molecular formula is C50H30N2S. The van der Waals surface area contributed by atoms with Gasteiger partial charge in [-0.25, -0.2) is 0 Å². The third-order valence-electron chi connectivity index (χ3n) is 11.3. The maximum Gasteiger partial charge on any atom is 0.0726 e. The van der Waals surface area contributed by atoms with Crippen molar-refractivity contribution in [1.29, 1.82) is 0 Å². The van der Waals surface area contributed by atoms with Crippen molar-refractivity contribution in [3.63, 3.8) is 0 Å². The monoisotopic (exact) mass is 690 g/mol. The Bertz CT molecular complexity index is 3460. The van der Waals surface area contributed by atoms with Gasteiger partial charge in [-0.1, -0.05) is 133 Å². The van der Waals surface area contributed by atoms with Gasteiger partial charge in [-0.05, 0) is 70.4 Å². The Morgan fingerprint density at radius 2 is 0.906 bits per heavy atom. The van der Waals surface area contributed by atoms with E-state index in [9.17, 15) is 0 Å². The summed E-state index contributed by atoms with van der Waals surface area (Å²) in [4.78, 5) is 0. The van der Waals surface area contributed by atoms with Crippen LogP contribution in [0, 0.1) is 0 Å². The van der Waals surface area contributed by atoms with Crippen LogP contribution in [-0.2, 0) is 0 Å². The summed E-state index contributed by atoms with van der Waals surface area (Å²) >= 11 is 1.91. The molecule has 0 amide bonds. The number of para-hydroxylation sites is 2. The maximum absolute atomic E-state index is 2.54. The summed E-state index contributed by atoms with van der Waals surface area (Å²) in [5.41, 5.74) is 9.81. The molecule has 0 unspecified atom stereocenters. The van der Waals surface area contributed by atoms with Gasteiger partial charge < -0.3 is 9.13 Å². The lowest BCUT2D eigenvalue weighted by molar-refractivity contribution is 1.20. The Morgan fingerprint density at radius 1 is 0.358 bits per heavy atom. The van der Waals surface area contributed by atoms with Crippen molar-refractivity contribution in [2.24, 2.45) is 0 Å². The molecule has 3 aromatic heterocycles. The van der Waals surface area contributed by atoms with Gasteiger partial charge in [-0.2, -0.15) is 0 Å². The molecular weight excluding hydrogens is 661 g/mol. The second-order valence-corrected chi connectivity index (χ2v) is 15.1. The van der Waals surface area contributed by atoms with E-state index in [0.717, 1.165) is 0 Å². The highest BCUT2D eigenvalue weighted by Crippen LogP contribution is 2.48. The van der Waals surface area contributed by atoms with Crippen LogP contribution < -0.4 is 0 Å². The molecule has 0 aliphatic carbocycles. The fourth-order valence-corrected chi connectivity index (χ4v) is 10.2. The van der Waals surface area contributed by atoms with E-state index in [4.69, 9.17) is 0 Å². The molecule has 0 saturated carbocycles. The highest BCUT2D eigenvalue weighted by atomic mass is 32.1. The minimum Gasteiger partial charge on any atom is -0.309 e. The third kappa shape index (κ3) is 4.03. The Labute approximate surface area is 309 Å². The summed E-state index contributed by atoms with van der Waals surface area (Å²) in [6.07, 6.45) is 0. The fourth-order valence-electron chi connectivity index (χ4n) is 9.01. The molecule has 0 N–H and O–H groups in total. The number of benzene rings is 9. The first-order valence-electron chi connectivity index (χ1n) is 18.2.